The smallest absolute Gasteiger partial charge is 0.250 e. The molecule has 2 amide bonds. The molecule has 3 atom stereocenters. The number of carbonyl (C=O) groups excluding carboxylic acids is 2. The van der Waals surface area contributed by atoms with Crippen molar-refractivity contribution in [3.8, 4) is 16.9 Å². The van der Waals surface area contributed by atoms with Crippen LogP contribution in [0.15, 0.2) is 48.5 Å². The van der Waals surface area contributed by atoms with E-state index in [2.05, 4.69) is 0 Å². The molecule has 0 aromatic heterocycles. The molecule has 0 saturated carbocycles. The zero-order valence-electron chi connectivity index (χ0n) is 15.5. The van der Waals surface area contributed by atoms with Crippen LogP contribution in [0.3, 0.4) is 0 Å². The van der Waals surface area contributed by atoms with Crippen molar-refractivity contribution in [3.05, 3.63) is 48.5 Å². The number of fused-ring (bicyclic) bond motifs is 2. The van der Waals surface area contributed by atoms with E-state index >= 15 is 0 Å². The molecule has 140 valence electrons. The summed E-state index contributed by atoms with van der Waals surface area (Å²) in [5.41, 5.74) is 8.58. The molecule has 2 aromatic carbocycles. The minimum Gasteiger partial charge on any atom is -0.495 e. The number of piperazine rings is 1. The van der Waals surface area contributed by atoms with Crippen molar-refractivity contribution in [3.63, 3.8) is 0 Å². The maximum atomic E-state index is 13.1. The van der Waals surface area contributed by atoms with Gasteiger partial charge in [0.15, 0.2) is 0 Å². The highest BCUT2D eigenvalue weighted by Gasteiger charge is 2.52. The summed E-state index contributed by atoms with van der Waals surface area (Å²) in [6, 6.07) is 14.8. The Hall–Kier alpha value is -2.86. The van der Waals surface area contributed by atoms with E-state index in [4.69, 9.17) is 10.5 Å². The molecule has 2 heterocycles. The largest absolute Gasteiger partial charge is 0.495 e. The van der Waals surface area contributed by atoms with Gasteiger partial charge >= 0.3 is 0 Å². The van der Waals surface area contributed by atoms with E-state index in [0.717, 1.165) is 16.8 Å². The topological polar surface area (TPSA) is 75.9 Å². The molecule has 6 heteroatoms. The van der Waals surface area contributed by atoms with Crippen molar-refractivity contribution >= 4 is 17.5 Å². The summed E-state index contributed by atoms with van der Waals surface area (Å²) in [5, 5.41) is 0. The summed E-state index contributed by atoms with van der Waals surface area (Å²) in [6.07, 6.45) is 0.635. The Bertz CT molecular complexity index is 881. The quantitative estimate of drug-likeness (QED) is 0.899. The van der Waals surface area contributed by atoms with Crippen LogP contribution in [0.1, 0.15) is 13.3 Å². The lowest BCUT2D eigenvalue weighted by Gasteiger charge is -2.35. The maximum absolute atomic E-state index is 13.1. The summed E-state index contributed by atoms with van der Waals surface area (Å²) < 4.78 is 5.52. The van der Waals surface area contributed by atoms with Crippen LogP contribution in [0.2, 0.25) is 0 Å². The summed E-state index contributed by atoms with van der Waals surface area (Å²) in [7, 11) is 1.60. The van der Waals surface area contributed by atoms with Gasteiger partial charge in [0.05, 0.1) is 24.9 Å². The molecular weight excluding hydrogens is 342 g/mol. The third kappa shape index (κ3) is 2.86. The summed E-state index contributed by atoms with van der Waals surface area (Å²) in [6.45, 7) is 2.17. The Morgan fingerprint density at radius 3 is 2.56 bits per heavy atom. The number of anilines is 1. The van der Waals surface area contributed by atoms with Gasteiger partial charge in [-0.15, -0.1) is 0 Å². The number of rotatable bonds is 4. The normalized spacial score (nSPS) is 22.3. The van der Waals surface area contributed by atoms with Crippen LogP contribution in [0.5, 0.6) is 5.75 Å². The number of amides is 2. The molecule has 6 nitrogen and oxygen atoms in total. The Balaban J connectivity index is 1.68. The highest BCUT2D eigenvalue weighted by Crippen LogP contribution is 2.41. The van der Waals surface area contributed by atoms with E-state index in [1.807, 2.05) is 48.5 Å². The van der Waals surface area contributed by atoms with Crippen molar-refractivity contribution in [1.82, 2.24) is 4.90 Å². The molecule has 3 unspecified atom stereocenters. The zero-order valence-corrected chi connectivity index (χ0v) is 15.5. The standard InChI is InChI=1S/C21H23N3O3/c1-13(22)20(25)23-12-16-11-18(23)21(26)24(16)17-10-15(8-9-19(17)27-2)14-6-4-3-5-7-14/h3-10,13,16,18H,11-12,22H2,1-2H3. The third-order valence-corrected chi connectivity index (χ3v) is 5.38. The number of ether oxygens (including phenoxy) is 1. The first kappa shape index (κ1) is 17.5. The zero-order chi connectivity index (χ0) is 19.1. The van der Waals surface area contributed by atoms with Gasteiger partial charge in [-0.25, -0.2) is 0 Å². The number of nitrogens with zero attached hydrogens (tertiary/aromatic N) is 2. The first-order valence-electron chi connectivity index (χ1n) is 9.14. The van der Waals surface area contributed by atoms with Crippen molar-refractivity contribution in [2.24, 2.45) is 5.73 Å². The molecule has 0 aliphatic carbocycles. The lowest BCUT2D eigenvalue weighted by Crippen LogP contribution is -2.55. The number of likely N-dealkylation sites (tertiary alicyclic amines) is 1. The average molecular weight is 365 g/mol. The predicted molar refractivity (Wildman–Crippen MR) is 103 cm³/mol. The highest BCUT2D eigenvalue weighted by atomic mass is 16.5. The van der Waals surface area contributed by atoms with Gasteiger partial charge in [-0.05, 0) is 36.6 Å². The molecule has 2 aliphatic rings. The third-order valence-electron chi connectivity index (χ3n) is 5.38. The molecule has 2 saturated heterocycles. The van der Waals surface area contributed by atoms with Gasteiger partial charge in [0.25, 0.3) is 0 Å². The van der Waals surface area contributed by atoms with Crippen molar-refractivity contribution in [2.45, 2.75) is 31.5 Å². The van der Waals surface area contributed by atoms with E-state index in [0.29, 0.717) is 18.7 Å². The van der Waals surface area contributed by atoms with Gasteiger partial charge in [-0.3, -0.25) is 9.59 Å². The van der Waals surface area contributed by atoms with E-state index < -0.39 is 12.1 Å². The molecule has 4 rings (SSSR count). The van der Waals surface area contributed by atoms with Crippen LogP contribution >= 0.6 is 0 Å². The molecule has 2 fully saturated rings. The lowest BCUT2D eigenvalue weighted by molar-refractivity contribution is -0.139. The van der Waals surface area contributed by atoms with Gasteiger partial charge in [-0.1, -0.05) is 36.4 Å². The Morgan fingerprint density at radius 2 is 1.93 bits per heavy atom. The van der Waals surface area contributed by atoms with Gasteiger partial charge < -0.3 is 20.3 Å². The van der Waals surface area contributed by atoms with E-state index in [1.165, 1.54) is 0 Å². The van der Waals surface area contributed by atoms with Crippen molar-refractivity contribution in [2.75, 3.05) is 18.6 Å². The van der Waals surface area contributed by atoms with Gasteiger partial charge in [0, 0.05) is 6.54 Å². The van der Waals surface area contributed by atoms with Gasteiger partial charge in [0.1, 0.15) is 11.8 Å². The van der Waals surface area contributed by atoms with Crippen LogP contribution in [0, 0.1) is 0 Å². The minimum absolute atomic E-state index is 0.0508. The van der Waals surface area contributed by atoms with E-state index in [-0.39, 0.29) is 17.9 Å². The first-order chi connectivity index (χ1) is 13.0. The molecule has 2 aliphatic heterocycles. The van der Waals surface area contributed by atoms with Crippen molar-refractivity contribution < 1.29 is 14.3 Å². The van der Waals surface area contributed by atoms with Crippen LogP contribution in [-0.2, 0) is 9.59 Å². The van der Waals surface area contributed by atoms with Crippen LogP contribution in [-0.4, -0.2) is 48.5 Å². The second-order valence-corrected chi connectivity index (χ2v) is 7.15. The van der Waals surface area contributed by atoms with Gasteiger partial charge in [0.2, 0.25) is 11.8 Å². The number of hydrogen-bond donors (Lipinski definition) is 1. The maximum Gasteiger partial charge on any atom is 0.250 e. The van der Waals surface area contributed by atoms with Crippen molar-refractivity contribution in [1.29, 1.82) is 0 Å². The fourth-order valence-corrected chi connectivity index (χ4v) is 4.08. The molecule has 2 bridgehead atoms. The monoisotopic (exact) mass is 365 g/mol. The molecule has 0 spiro atoms. The molecule has 27 heavy (non-hydrogen) atoms. The van der Waals surface area contributed by atoms with Crippen LogP contribution in [0.25, 0.3) is 11.1 Å². The Labute approximate surface area is 158 Å². The number of hydrogen-bond acceptors (Lipinski definition) is 4. The fourth-order valence-electron chi connectivity index (χ4n) is 4.08. The highest BCUT2D eigenvalue weighted by molar-refractivity contribution is 6.05. The SMILES string of the molecule is COc1ccc(-c2ccccc2)cc1N1C(=O)C2CC1CN2C(=O)C(C)N. The second-order valence-electron chi connectivity index (χ2n) is 7.15. The molecule has 2 aromatic rings. The minimum atomic E-state index is -0.596. The molecule has 0 radical (unpaired) electrons. The number of carbonyl (C=O) groups is 2. The second kappa shape index (κ2) is 6.70. The fraction of sp³-hybridized carbons (Fsp3) is 0.333. The molecule has 2 N–H and O–H groups in total. The van der Waals surface area contributed by atoms with E-state index in [9.17, 15) is 9.59 Å². The number of nitrogens with two attached hydrogens (primary N) is 1. The Kier molecular flexibility index (Phi) is 4.36. The lowest BCUT2D eigenvalue weighted by atomic mass is 10.0. The predicted octanol–water partition coefficient (Wildman–Crippen LogP) is 2.03. The summed E-state index contributed by atoms with van der Waals surface area (Å²) >= 11 is 0. The summed E-state index contributed by atoms with van der Waals surface area (Å²) in [4.78, 5) is 28.8. The number of methoxy groups -OCH3 is 1. The first-order valence-corrected chi connectivity index (χ1v) is 9.14. The average Bonchev–Trinajstić information content (AvgIpc) is 3.25. The number of benzene rings is 2. The van der Waals surface area contributed by atoms with Crippen LogP contribution < -0.4 is 15.4 Å². The molecular formula is C21H23N3O3. The summed E-state index contributed by atoms with van der Waals surface area (Å²) in [5.74, 6) is 0.421. The van der Waals surface area contributed by atoms with Crippen LogP contribution in [0.4, 0.5) is 5.69 Å². The van der Waals surface area contributed by atoms with E-state index in [1.54, 1.807) is 23.8 Å². The van der Waals surface area contributed by atoms with Gasteiger partial charge in [-0.2, -0.15) is 0 Å². The Morgan fingerprint density at radius 1 is 1.19 bits per heavy atom.